The number of halogens is 1. The van der Waals surface area contributed by atoms with Gasteiger partial charge in [0.25, 0.3) is 0 Å². The number of nitrogens with one attached hydrogen (secondary N) is 1. The quantitative estimate of drug-likeness (QED) is 0.905. The van der Waals surface area contributed by atoms with E-state index in [2.05, 4.69) is 15.3 Å². The standard InChI is InChI=1S/C13H17ClN4O/c14-11-10(15-6-7-16-11)9-17-12(19)18-8-2-1-3-13(18)4-5-13/h6-7H,1-5,8-9H2,(H,17,19). The highest BCUT2D eigenvalue weighted by Gasteiger charge is 2.50. The van der Waals surface area contributed by atoms with E-state index in [1.807, 2.05) is 4.90 Å². The normalized spacial score (nSPS) is 20.4. The molecule has 102 valence electrons. The van der Waals surface area contributed by atoms with Gasteiger partial charge in [0, 0.05) is 24.5 Å². The summed E-state index contributed by atoms with van der Waals surface area (Å²) in [5.41, 5.74) is 0.772. The monoisotopic (exact) mass is 280 g/mol. The number of aromatic nitrogens is 2. The van der Waals surface area contributed by atoms with Crippen LogP contribution >= 0.6 is 11.6 Å². The van der Waals surface area contributed by atoms with Crippen molar-refractivity contribution in [1.29, 1.82) is 0 Å². The van der Waals surface area contributed by atoms with Crippen LogP contribution in [-0.2, 0) is 6.54 Å². The summed E-state index contributed by atoms with van der Waals surface area (Å²) >= 11 is 5.92. The van der Waals surface area contributed by atoms with Gasteiger partial charge in [-0.05, 0) is 32.1 Å². The molecule has 0 atom stereocenters. The van der Waals surface area contributed by atoms with Gasteiger partial charge in [-0.1, -0.05) is 11.6 Å². The molecule has 0 radical (unpaired) electrons. The van der Waals surface area contributed by atoms with E-state index >= 15 is 0 Å². The molecule has 1 N–H and O–H groups in total. The lowest BCUT2D eigenvalue weighted by Crippen LogP contribution is -2.50. The third-order valence-electron chi connectivity index (χ3n) is 4.05. The zero-order valence-electron chi connectivity index (χ0n) is 10.7. The smallest absolute Gasteiger partial charge is 0.318 e. The molecule has 3 rings (SSSR count). The molecule has 6 heteroatoms. The Labute approximate surface area is 117 Å². The van der Waals surface area contributed by atoms with Gasteiger partial charge in [-0.25, -0.2) is 9.78 Å². The molecule has 0 bridgehead atoms. The molecule has 1 aromatic heterocycles. The van der Waals surface area contributed by atoms with Crippen LogP contribution in [0.2, 0.25) is 5.15 Å². The Kier molecular flexibility index (Phi) is 3.31. The van der Waals surface area contributed by atoms with Crippen LogP contribution in [0.25, 0.3) is 0 Å². The summed E-state index contributed by atoms with van der Waals surface area (Å²) in [6.07, 6.45) is 8.89. The molecule has 2 aliphatic rings. The van der Waals surface area contributed by atoms with Crippen LogP contribution in [0.5, 0.6) is 0 Å². The van der Waals surface area contributed by atoms with Crippen molar-refractivity contribution in [2.24, 2.45) is 0 Å². The van der Waals surface area contributed by atoms with Crippen molar-refractivity contribution in [2.45, 2.75) is 44.2 Å². The lowest BCUT2D eigenvalue weighted by molar-refractivity contribution is 0.139. The number of hydrogen-bond donors (Lipinski definition) is 1. The fourth-order valence-electron chi connectivity index (χ4n) is 2.80. The second-order valence-corrected chi connectivity index (χ2v) is 5.64. The summed E-state index contributed by atoms with van der Waals surface area (Å²) in [7, 11) is 0. The highest BCUT2D eigenvalue weighted by molar-refractivity contribution is 6.29. The largest absolute Gasteiger partial charge is 0.332 e. The number of carbonyl (C=O) groups is 1. The van der Waals surface area contributed by atoms with Crippen LogP contribution in [-0.4, -0.2) is 33.0 Å². The minimum absolute atomic E-state index is 0.00100. The van der Waals surface area contributed by atoms with Crippen molar-refractivity contribution in [3.8, 4) is 0 Å². The van der Waals surface area contributed by atoms with Gasteiger partial charge in [0.2, 0.25) is 0 Å². The van der Waals surface area contributed by atoms with E-state index in [0.717, 1.165) is 32.2 Å². The Morgan fingerprint density at radius 1 is 1.32 bits per heavy atom. The van der Waals surface area contributed by atoms with Crippen LogP contribution in [0.4, 0.5) is 4.79 Å². The highest BCUT2D eigenvalue weighted by atomic mass is 35.5. The third-order valence-corrected chi connectivity index (χ3v) is 4.36. The van der Waals surface area contributed by atoms with Gasteiger partial charge in [-0.3, -0.25) is 4.98 Å². The lowest BCUT2D eigenvalue weighted by atomic mass is 10.0. The molecule has 1 saturated heterocycles. The average molecular weight is 281 g/mol. The van der Waals surface area contributed by atoms with Crippen molar-refractivity contribution in [2.75, 3.05) is 6.54 Å². The van der Waals surface area contributed by atoms with Crippen LogP contribution < -0.4 is 5.32 Å². The fraction of sp³-hybridized carbons (Fsp3) is 0.615. The van der Waals surface area contributed by atoms with Gasteiger partial charge in [-0.2, -0.15) is 0 Å². The molecule has 1 saturated carbocycles. The van der Waals surface area contributed by atoms with Gasteiger partial charge in [-0.15, -0.1) is 0 Å². The number of hydrogen-bond acceptors (Lipinski definition) is 3. The molecule has 2 amide bonds. The van der Waals surface area contributed by atoms with E-state index in [4.69, 9.17) is 11.6 Å². The van der Waals surface area contributed by atoms with Gasteiger partial charge in [0.1, 0.15) is 0 Å². The van der Waals surface area contributed by atoms with Crippen molar-refractivity contribution < 1.29 is 4.79 Å². The fourth-order valence-corrected chi connectivity index (χ4v) is 2.97. The summed E-state index contributed by atoms with van der Waals surface area (Å²) < 4.78 is 0. The van der Waals surface area contributed by atoms with Crippen LogP contribution in [0.15, 0.2) is 12.4 Å². The molecule has 19 heavy (non-hydrogen) atoms. The molecular formula is C13H17ClN4O. The number of nitrogens with zero attached hydrogens (tertiary/aromatic N) is 3. The Hall–Kier alpha value is -1.36. The SMILES string of the molecule is O=C(NCc1nccnc1Cl)N1CCCCC12CC2. The molecule has 1 spiro atoms. The zero-order chi connectivity index (χ0) is 13.3. The van der Waals surface area contributed by atoms with Crippen molar-refractivity contribution in [3.63, 3.8) is 0 Å². The van der Waals surface area contributed by atoms with Gasteiger partial charge in [0.05, 0.1) is 12.2 Å². The van der Waals surface area contributed by atoms with E-state index in [1.54, 1.807) is 6.20 Å². The van der Waals surface area contributed by atoms with Gasteiger partial charge >= 0.3 is 6.03 Å². The van der Waals surface area contributed by atoms with E-state index in [1.165, 1.54) is 12.6 Å². The number of urea groups is 1. The van der Waals surface area contributed by atoms with Crippen molar-refractivity contribution >= 4 is 17.6 Å². The Morgan fingerprint density at radius 2 is 2.11 bits per heavy atom. The first-order valence-corrected chi connectivity index (χ1v) is 7.10. The minimum atomic E-state index is -0.00100. The molecule has 5 nitrogen and oxygen atoms in total. The van der Waals surface area contributed by atoms with Crippen LogP contribution in [0.1, 0.15) is 37.8 Å². The van der Waals surface area contributed by atoms with Gasteiger partial charge in [0.15, 0.2) is 5.15 Å². The number of amides is 2. The maximum Gasteiger partial charge on any atom is 0.318 e. The second kappa shape index (κ2) is 4.96. The van der Waals surface area contributed by atoms with Crippen molar-refractivity contribution in [3.05, 3.63) is 23.2 Å². The molecule has 0 aromatic carbocycles. The maximum atomic E-state index is 12.3. The van der Waals surface area contributed by atoms with Crippen molar-refractivity contribution in [1.82, 2.24) is 20.2 Å². The molecule has 2 heterocycles. The summed E-state index contributed by atoms with van der Waals surface area (Å²) in [6, 6.07) is -0.00100. The third kappa shape index (κ3) is 2.52. The Morgan fingerprint density at radius 3 is 2.84 bits per heavy atom. The minimum Gasteiger partial charge on any atom is -0.332 e. The summed E-state index contributed by atoms with van der Waals surface area (Å²) in [5.74, 6) is 0. The topological polar surface area (TPSA) is 58.1 Å². The molecule has 2 fully saturated rings. The lowest BCUT2D eigenvalue weighted by Gasteiger charge is -2.36. The molecule has 1 aromatic rings. The highest BCUT2D eigenvalue weighted by Crippen LogP contribution is 2.48. The first-order chi connectivity index (χ1) is 9.21. The summed E-state index contributed by atoms with van der Waals surface area (Å²) in [5, 5.41) is 3.25. The first kappa shape index (κ1) is 12.7. The number of rotatable bonds is 2. The summed E-state index contributed by atoms with van der Waals surface area (Å²) in [6.45, 7) is 1.19. The average Bonchev–Trinajstić information content (AvgIpc) is 3.18. The van der Waals surface area contributed by atoms with Crippen LogP contribution in [0.3, 0.4) is 0 Å². The Bertz CT molecular complexity index is 489. The number of likely N-dealkylation sites (tertiary alicyclic amines) is 1. The maximum absolute atomic E-state index is 12.3. The molecule has 1 aliphatic heterocycles. The first-order valence-electron chi connectivity index (χ1n) is 6.72. The molecular weight excluding hydrogens is 264 g/mol. The zero-order valence-corrected chi connectivity index (χ0v) is 11.5. The predicted octanol–water partition coefficient (Wildman–Crippen LogP) is 2.36. The Balaban J connectivity index is 1.61. The predicted molar refractivity (Wildman–Crippen MR) is 71.8 cm³/mol. The van der Waals surface area contributed by atoms with E-state index in [0.29, 0.717) is 17.4 Å². The van der Waals surface area contributed by atoms with E-state index in [9.17, 15) is 4.79 Å². The van der Waals surface area contributed by atoms with Gasteiger partial charge < -0.3 is 10.2 Å². The number of piperidine rings is 1. The number of carbonyl (C=O) groups excluding carboxylic acids is 1. The van der Waals surface area contributed by atoms with Crippen LogP contribution in [0, 0.1) is 0 Å². The molecule has 1 aliphatic carbocycles. The van der Waals surface area contributed by atoms with E-state index in [-0.39, 0.29) is 11.6 Å². The van der Waals surface area contributed by atoms with E-state index < -0.39 is 0 Å². The second-order valence-electron chi connectivity index (χ2n) is 5.29. The molecule has 0 unspecified atom stereocenters. The summed E-state index contributed by atoms with van der Waals surface area (Å²) in [4.78, 5) is 22.3.